The molecule has 0 spiro atoms. The molecule has 1 atom stereocenters. The molecule has 0 amide bonds. The summed E-state index contributed by atoms with van der Waals surface area (Å²) in [6.07, 6.45) is -4.20. The topological polar surface area (TPSA) is 30.9 Å². The second-order valence-corrected chi connectivity index (χ2v) is 5.77. The lowest BCUT2D eigenvalue weighted by atomic mass is 10.2. The van der Waals surface area contributed by atoms with Crippen LogP contribution >= 0.6 is 0 Å². The minimum Gasteiger partial charge on any atom is -0.352 e. The number of nitrogens with one attached hydrogen (secondary N) is 1. The van der Waals surface area contributed by atoms with Gasteiger partial charge in [0.25, 0.3) is 0 Å². The monoisotopic (exact) mass is 346 g/mol. The number of hydrogen-bond acceptors (Lipinski definition) is 2. The first-order valence-corrected chi connectivity index (χ1v) is 7.82. The van der Waals surface area contributed by atoms with Crippen molar-refractivity contribution in [3.8, 4) is 0 Å². The fraction of sp³-hybridized carbons (Fsp3) is 0.562. The number of benzene rings is 1. The Balaban J connectivity index is 1.86. The Bertz CT molecular complexity index is 548. The van der Waals surface area contributed by atoms with E-state index < -0.39 is 12.2 Å². The highest BCUT2D eigenvalue weighted by Crippen LogP contribution is 2.25. The van der Waals surface area contributed by atoms with Crippen LogP contribution in [0.5, 0.6) is 0 Å². The fourth-order valence-corrected chi connectivity index (χ4v) is 2.64. The number of aliphatic imine (C=N–C) groups is 1. The molecule has 1 saturated heterocycles. The third-order valence-electron chi connectivity index (χ3n) is 4.21. The Morgan fingerprint density at radius 2 is 1.75 bits per heavy atom. The van der Waals surface area contributed by atoms with Gasteiger partial charge in [-0.3, -0.25) is 9.89 Å². The van der Waals surface area contributed by atoms with E-state index in [0.29, 0.717) is 38.7 Å². The predicted octanol–water partition coefficient (Wildman–Crippen LogP) is 2.47. The van der Waals surface area contributed by atoms with Crippen molar-refractivity contribution in [2.45, 2.75) is 25.7 Å². The lowest BCUT2D eigenvalue weighted by molar-refractivity contribution is -0.181. The number of piperazine rings is 1. The smallest absolute Gasteiger partial charge is 0.352 e. The van der Waals surface area contributed by atoms with Crippen LogP contribution < -0.4 is 5.32 Å². The second kappa shape index (κ2) is 7.83. The highest BCUT2D eigenvalue weighted by molar-refractivity contribution is 5.80. The van der Waals surface area contributed by atoms with Gasteiger partial charge in [0.2, 0.25) is 0 Å². The standard InChI is InChI=1S/C16H22F4N4/c1-12(16(18,19)20)23-7-9-24(10-8-23)15(21-2)22-11-13-3-5-14(17)6-4-13/h3-6,12H,7-11H2,1-2H3,(H,21,22). The van der Waals surface area contributed by atoms with Crippen LogP contribution in [-0.2, 0) is 6.54 Å². The van der Waals surface area contributed by atoms with Gasteiger partial charge in [-0.1, -0.05) is 12.1 Å². The Hall–Kier alpha value is -1.83. The van der Waals surface area contributed by atoms with Crippen LogP contribution in [-0.4, -0.2) is 61.2 Å². The molecule has 0 aromatic heterocycles. The zero-order chi connectivity index (χ0) is 17.7. The van der Waals surface area contributed by atoms with E-state index in [0.717, 1.165) is 5.56 Å². The number of nitrogens with zero attached hydrogens (tertiary/aromatic N) is 3. The van der Waals surface area contributed by atoms with Gasteiger partial charge in [0, 0.05) is 39.8 Å². The Labute approximate surface area is 139 Å². The van der Waals surface area contributed by atoms with Crippen molar-refractivity contribution < 1.29 is 17.6 Å². The lowest BCUT2D eigenvalue weighted by Gasteiger charge is -2.39. The molecular formula is C16H22F4N4. The SMILES string of the molecule is CN=C(NCc1ccc(F)cc1)N1CCN(C(C)C(F)(F)F)CC1. The fourth-order valence-electron chi connectivity index (χ4n) is 2.64. The van der Waals surface area contributed by atoms with Crippen molar-refractivity contribution in [2.75, 3.05) is 33.2 Å². The van der Waals surface area contributed by atoms with Crippen molar-refractivity contribution in [3.05, 3.63) is 35.6 Å². The van der Waals surface area contributed by atoms with Gasteiger partial charge in [0.1, 0.15) is 11.9 Å². The summed E-state index contributed by atoms with van der Waals surface area (Å²) in [5.74, 6) is 0.344. The maximum Gasteiger partial charge on any atom is 0.403 e. The summed E-state index contributed by atoms with van der Waals surface area (Å²) in [6.45, 7) is 3.28. The predicted molar refractivity (Wildman–Crippen MR) is 85.3 cm³/mol. The van der Waals surface area contributed by atoms with Gasteiger partial charge < -0.3 is 10.2 Å². The molecule has 1 N–H and O–H groups in total. The van der Waals surface area contributed by atoms with Crippen molar-refractivity contribution in [1.29, 1.82) is 0 Å². The number of rotatable bonds is 3. The van der Waals surface area contributed by atoms with Crippen LogP contribution in [0.25, 0.3) is 0 Å². The molecule has 134 valence electrons. The first-order chi connectivity index (χ1) is 11.3. The van der Waals surface area contributed by atoms with Crippen molar-refractivity contribution >= 4 is 5.96 Å². The molecule has 1 unspecified atom stereocenters. The average molecular weight is 346 g/mol. The second-order valence-electron chi connectivity index (χ2n) is 5.77. The van der Waals surface area contributed by atoms with E-state index in [4.69, 9.17) is 0 Å². The third kappa shape index (κ3) is 4.83. The largest absolute Gasteiger partial charge is 0.403 e. The van der Waals surface area contributed by atoms with E-state index in [1.807, 2.05) is 4.90 Å². The molecule has 1 aliphatic heterocycles. The minimum absolute atomic E-state index is 0.293. The lowest BCUT2D eigenvalue weighted by Crippen LogP contribution is -2.56. The molecule has 1 heterocycles. The van der Waals surface area contributed by atoms with E-state index in [9.17, 15) is 17.6 Å². The number of guanidine groups is 1. The van der Waals surface area contributed by atoms with Gasteiger partial charge in [-0.05, 0) is 24.6 Å². The first kappa shape index (κ1) is 18.5. The minimum atomic E-state index is -4.20. The van der Waals surface area contributed by atoms with Crippen molar-refractivity contribution in [2.24, 2.45) is 4.99 Å². The van der Waals surface area contributed by atoms with Crippen molar-refractivity contribution in [3.63, 3.8) is 0 Å². The highest BCUT2D eigenvalue weighted by Gasteiger charge is 2.41. The number of hydrogen-bond donors (Lipinski definition) is 1. The molecule has 0 aliphatic carbocycles. The molecule has 1 aromatic rings. The van der Waals surface area contributed by atoms with Crippen LogP contribution in [0.2, 0.25) is 0 Å². The highest BCUT2D eigenvalue weighted by atomic mass is 19.4. The molecule has 2 rings (SSSR count). The van der Waals surface area contributed by atoms with Gasteiger partial charge in [-0.15, -0.1) is 0 Å². The summed E-state index contributed by atoms with van der Waals surface area (Å²) in [6, 6.07) is 4.69. The van der Waals surface area contributed by atoms with Gasteiger partial charge in [0.05, 0.1) is 0 Å². The summed E-state index contributed by atoms with van der Waals surface area (Å²) in [4.78, 5) is 7.55. The van der Waals surface area contributed by atoms with E-state index >= 15 is 0 Å². The molecule has 0 saturated carbocycles. The average Bonchev–Trinajstić information content (AvgIpc) is 2.56. The molecule has 0 radical (unpaired) electrons. The third-order valence-corrected chi connectivity index (χ3v) is 4.21. The molecule has 1 aliphatic rings. The number of halogens is 4. The van der Waals surface area contributed by atoms with E-state index in [2.05, 4.69) is 10.3 Å². The maximum atomic E-state index is 12.9. The molecule has 0 bridgehead atoms. The Morgan fingerprint density at radius 1 is 1.17 bits per heavy atom. The summed E-state index contributed by atoms with van der Waals surface area (Å²) >= 11 is 0. The van der Waals surface area contributed by atoms with E-state index in [1.165, 1.54) is 24.0 Å². The van der Waals surface area contributed by atoms with Crippen LogP contribution in [0.4, 0.5) is 17.6 Å². The maximum absolute atomic E-state index is 12.9. The summed E-state index contributed by atoms with van der Waals surface area (Å²) in [7, 11) is 1.64. The molecule has 4 nitrogen and oxygen atoms in total. The van der Waals surface area contributed by atoms with Crippen molar-refractivity contribution in [1.82, 2.24) is 15.1 Å². The Kier molecular flexibility index (Phi) is 6.04. The van der Waals surface area contributed by atoms with Crippen LogP contribution in [0.1, 0.15) is 12.5 Å². The van der Waals surface area contributed by atoms with Crippen LogP contribution in [0.15, 0.2) is 29.3 Å². The Morgan fingerprint density at radius 3 is 2.25 bits per heavy atom. The zero-order valence-electron chi connectivity index (χ0n) is 13.8. The molecule has 1 fully saturated rings. The van der Waals surface area contributed by atoms with E-state index in [1.54, 1.807) is 19.2 Å². The molecule has 24 heavy (non-hydrogen) atoms. The summed E-state index contributed by atoms with van der Waals surface area (Å²) in [5.41, 5.74) is 0.905. The zero-order valence-corrected chi connectivity index (χ0v) is 13.8. The number of alkyl halides is 3. The quantitative estimate of drug-likeness (QED) is 0.518. The molecular weight excluding hydrogens is 324 g/mol. The van der Waals surface area contributed by atoms with E-state index in [-0.39, 0.29) is 5.82 Å². The first-order valence-electron chi connectivity index (χ1n) is 7.82. The van der Waals surface area contributed by atoms with Gasteiger partial charge in [-0.2, -0.15) is 13.2 Å². The van der Waals surface area contributed by atoms with Crippen LogP contribution in [0, 0.1) is 5.82 Å². The summed E-state index contributed by atoms with van der Waals surface area (Å²) in [5, 5.41) is 3.16. The molecule has 8 heteroatoms. The van der Waals surface area contributed by atoms with Crippen LogP contribution in [0.3, 0.4) is 0 Å². The normalized spacial score (nSPS) is 18.6. The van der Waals surface area contributed by atoms with Gasteiger partial charge in [0.15, 0.2) is 5.96 Å². The summed E-state index contributed by atoms with van der Waals surface area (Å²) < 4.78 is 51.2. The molecule has 1 aromatic carbocycles. The van der Waals surface area contributed by atoms with Gasteiger partial charge in [-0.25, -0.2) is 4.39 Å². The van der Waals surface area contributed by atoms with Gasteiger partial charge >= 0.3 is 6.18 Å².